The van der Waals surface area contributed by atoms with Crippen molar-refractivity contribution in [2.24, 2.45) is 11.7 Å². The highest BCUT2D eigenvalue weighted by Gasteiger charge is 2.28. The van der Waals surface area contributed by atoms with Gasteiger partial charge in [-0.1, -0.05) is 36.8 Å². The van der Waals surface area contributed by atoms with Crippen molar-refractivity contribution in [3.8, 4) is 0 Å². The lowest BCUT2D eigenvalue weighted by molar-refractivity contribution is -0.134. The van der Waals surface area contributed by atoms with Gasteiger partial charge in [0.15, 0.2) is 0 Å². The molecule has 0 unspecified atom stereocenters. The van der Waals surface area contributed by atoms with Gasteiger partial charge >= 0.3 is 0 Å². The third kappa shape index (κ3) is 3.83. The summed E-state index contributed by atoms with van der Waals surface area (Å²) in [5.74, 6) is 0.616. The van der Waals surface area contributed by atoms with Gasteiger partial charge in [-0.25, -0.2) is 0 Å². The van der Waals surface area contributed by atoms with Gasteiger partial charge in [0.2, 0.25) is 5.91 Å². The van der Waals surface area contributed by atoms with Crippen molar-refractivity contribution < 1.29 is 4.79 Å². The van der Waals surface area contributed by atoms with E-state index >= 15 is 0 Å². The first-order valence-electron chi connectivity index (χ1n) is 7.67. The van der Waals surface area contributed by atoms with Crippen LogP contribution in [0.25, 0.3) is 0 Å². The van der Waals surface area contributed by atoms with Gasteiger partial charge in [-0.05, 0) is 38.2 Å². The van der Waals surface area contributed by atoms with Crippen LogP contribution in [-0.4, -0.2) is 22.9 Å². The minimum Gasteiger partial charge on any atom is -0.336 e. The monoisotopic (exact) mass is 274 g/mol. The number of rotatable bonds is 5. The molecule has 0 spiro atoms. The molecule has 0 aromatic heterocycles. The van der Waals surface area contributed by atoms with Crippen LogP contribution in [0.1, 0.15) is 45.1 Å². The van der Waals surface area contributed by atoms with E-state index < -0.39 is 0 Å². The van der Waals surface area contributed by atoms with Crippen LogP contribution in [0.2, 0.25) is 0 Å². The first kappa shape index (κ1) is 15.0. The lowest BCUT2D eigenvalue weighted by Crippen LogP contribution is -2.39. The normalized spacial score (nSPS) is 22.2. The molecule has 3 nitrogen and oxygen atoms in total. The number of hydrogen-bond acceptors (Lipinski definition) is 2. The van der Waals surface area contributed by atoms with Gasteiger partial charge in [-0.15, -0.1) is 0 Å². The molecule has 1 saturated carbocycles. The van der Waals surface area contributed by atoms with E-state index in [1.807, 2.05) is 23.1 Å². The zero-order valence-corrected chi connectivity index (χ0v) is 12.6. The second-order valence-electron chi connectivity index (χ2n) is 6.16. The molecule has 0 heterocycles. The molecule has 0 bridgehead atoms. The highest BCUT2D eigenvalue weighted by molar-refractivity contribution is 5.76. The number of hydrogen-bond donors (Lipinski definition) is 1. The number of nitrogens with two attached hydrogens (primary N) is 1. The molecule has 3 heteroatoms. The molecule has 110 valence electrons. The van der Waals surface area contributed by atoms with Crippen molar-refractivity contribution in [2.75, 3.05) is 0 Å². The Labute approximate surface area is 122 Å². The van der Waals surface area contributed by atoms with Crippen LogP contribution in [0.15, 0.2) is 30.3 Å². The summed E-state index contributed by atoms with van der Waals surface area (Å²) in [4.78, 5) is 14.5. The molecule has 0 saturated heterocycles. The van der Waals surface area contributed by atoms with E-state index in [1.165, 1.54) is 12.0 Å². The Morgan fingerprint density at radius 3 is 2.55 bits per heavy atom. The zero-order valence-electron chi connectivity index (χ0n) is 12.6. The number of amides is 1. The Kier molecular flexibility index (Phi) is 5.18. The SMILES string of the molecule is CC(C)N(Cc1ccccc1)C(=O)C[C@@H]1CCC[C@H]1N. The van der Waals surface area contributed by atoms with E-state index in [4.69, 9.17) is 5.73 Å². The molecule has 1 aliphatic rings. The maximum Gasteiger partial charge on any atom is 0.223 e. The predicted molar refractivity (Wildman–Crippen MR) is 82.1 cm³/mol. The Bertz CT molecular complexity index is 430. The van der Waals surface area contributed by atoms with Crippen LogP contribution in [0, 0.1) is 5.92 Å². The third-order valence-corrected chi connectivity index (χ3v) is 4.29. The van der Waals surface area contributed by atoms with Gasteiger partial charge in [0.25, 0.3) is 0 Å². The maximum absolute atomic E-state index is 12.6. The van der Waals surface area contributed by atoms with Crippen LogP contribution in [0.3, 0.4) is 0 Å². The van der Waals surface area contributed by atoms with E-state index in [0.29, 0.717) is 18.9 Å². The van der Waals surface area contributed by atoms with Gasteiger partial charge in [0.05, 0.1) is 0 Å². The van der Waals surface area contributed by atoms with Crippen molar-refractivity contribution >= 4 is 5.91 Å². The minimum atomic E-state index is 0.213. The Morgan fingerprint density at radius 2 is 2.00 bits per heavy atom. The topological polar surface area (TPSA) is 46.3 Å². The van der Waals surface area contributed by atoms with Gasteiger partial charge < -0.3 is 10.6 Å². The highest BCUT2D eigenvalue weighted by Crippen LogP contribution is 2.28. The van der Waals surface area contributed by atoms with Crippen LogP contribution in [-0.2, 0) is 11.3 Å². The molecule has 1 aromatic carbocycles. The molecule has 1 amide bonds. The van der Waals surface area contributed by atoms with Crippen molar-refractivity contribution in [3.05, 3.63) is 35.9 Å². The number of carbonyl (C=O) groups excluding carboxylic acids is 1. The number of carbonyl (C=O) groups is 1. The standard InChI is InChI=1S/C17H26N2O/c1-13(2)19(12-14-7-4-3-5-8-14)17(20)11-15-9-6-10-16(15)18/h3-5,7-8,13,15-16H,6,9-12,18H2,1-2H3/t15-,16+/m0/s1. The molecular formula is C17H26N2O. The van der Waals surface area contributed by atoms with E-state index in [1.54, 1.807) is 0 Å². The lowest BCUT2D eigenvalue weighted by atomic mass is 9.99. The molecule has 20 heavy (non-hydrogen) atoms. The molecule has 2 N–H and O–H groups in total. The summed E-state index contributed by atoms with van der Waals surface area (Å²) in [6.45, 7) is 4.85. The Morgan fingerprint density at radius 1 is 1.30 bits per heavy atom. The summed E-state index contributed by atoms with van der Waals surface area (Å²) in [5, 5.41) is 0. The number of nitrogens with zero attached hydrogens (tertiary/aromatic N) is 1. The lowest BCUT2D eigenvalue weighted by Gasteiger charge is -2.29. The molecule has 2 rings (SSSR count). The largest absolute Gasteiger partial charge is 0.336 e. The van der Waals surface area contributed by atoms with Gasteiger partial charge in [-0.3, -0.25) is 4.79 Å². The van der Waals surface area contributed by atoms with Crippen LogP contribution in [0.4, 0.5) is 0 Å². The first-order valence-corrected chi connectivity index (χ1v) is 7.67. The predicted octanol–water partition coefficient (Wildman–Crippen LogP) is 2.94. The second-order valence-corrected chi connectivity index (χ2v) is 6.16. The fraction of sp³-hybridized carbons (Fsp3) is 0.588. The molecule has 0 aliphatic heterocycles. The Balaban J connectivity index is 1.99. The highest BCUT2D eigenvalue weighted by atomic mass is 16.2. The van der Waals surface area contributed by atoms with Gasteiger partial charge in [0, 0.05) is 25.0 Å². The fourth-order valence-corrected chi connectivity index (χ4v) is 3.00. The van der Waals surface area contributed by atoms with Crippen LogP contribution in [0.5, 0.6) is 0 Å². The smallest absolute Gasteiger partial charge is 0.223 e. The van der Waals surface area contributed by atoms with Crippen molar-refractivity contribution in [3.63, 3.8) is 0 Å². The molecule has 1 aromatic rings. The maximum atomic E-state index is 12.6. The van der Waals surface area contributed by atoms with E-state index in [-0.39, 0.29) is 18.0 Å². The molecule has 1 aliphatic carbocycles. The summed E-state index contributed by atoms with van der Waals surface area (Å²) in [5.41, 5.74) is 7.27. The van der Waals surface area contributed by atoms with Gasteiger partial charge in [0.1, 0.15) is 0 Å². The minimum absolute atomic E-state index is 0.213. The third-order valence-electron chi connectivity index (χ3n) is 4.29. The van der Waals surface area contributed by atoms with Gasteiger partial charge in [-0.2, -0.15) is 0 Å². The van der Waals surface area contributed by atoms with Crippen molar-refractivity contribution in [2.45, 2.75) is 58.2 Å². The van der Waals surface area contributed by atoms with E-state index in [2.05, 4.69) is 26.0 Å². The average Bonchev–Trinajstić information content (AvgIpc) is 2.82. The summed E-state index contributed by atoms with van der Waals surface area (Å²) in [6, 6.07) is 10.6. The van der Waals surface area contributed by atoms with Crippen LogP contribution < -0.4 is 5.73 Å². The fourth-order valence-electron chi connectivity index (χ4n) is 3.00. The molecular weight excluding hydrogens is 248 g/mol. The van der Waals surface area contributed by atoms with Crippen molar-refractivity contribution in [1.29, 1.82) is 0 Å². The van der Waals surface area contributed by atoms with Crippen molar-refractivity contribution in [1.82, 2.24) is 4.90 Å². The summed E-state index contributed by atoms with van der Waals surface area (Å²) in [6.07, 6.45) is 3.94. The van der Waals surface area contributed by atoms with E-state index in [9.17, 15) is 4.79 Å². The first-order chi connectivity index (χ1) is 9.58. The summed E-state index contributed by atoms with van der Waals surface area (Å²) >= 11 is 0. The Hall–Kier alpha value is -1.35. The second kappa shape index (κ2) is 6.89. The summed E-state index contributed by atoms with van der Waals surface area (Å²) in [7, 11) is 0. The number of benzene rings is 1. The molecule has 2 atom stereocenters. The summed E-state index contributed by atoms with van der Waals surface area (Å²) < 4.78 is 0. The zero-order chi connectivity index (χ0) is 14.5. The van der Waals surface area contributed by atoms with E-state index in [0.717, 1.165) is 12.8 Å². The molecule has 0 radical (unpaired) electrons. The van der Waals surface area contributed by atoms with Crippen LogP contribution >= 0.6 is 0 Å². The average molecular weight is 274 g/mol. The molecule has 1 fully saturated rings. The quantitative estimate of drug-likeness (QED) is 0.897.